The molecule has 0 bridgehead atoms. The fourth-order valence-electron chi connectivity index (χ4n) is 3.19. The predicted molar refractivity (Wildman–Crippen MR) is 117 cm³/mol. The maximum absolute atomic E-state index is 12.6. The summed E-state index contributed by atoms with van der Waals surface area (Å²) in [5.74, 6) is -0.125. The molecule has 6 heteroatoms. The summed E-state index contributed by atoms with van der Waals surface area (Å²) in [6.45, 7) is 5.76. The molecule has 3 aromatic rings. The number of rotatable bonds is 7. The van der Waals surface area contributed by atoms with Crippen LogP contribution in [0.3, 0.4) is 0 Å². The van der Waals surface area contributed by atoms with E-state index in [1.807, 2.05) is 24.3 Å². The van der Waals surface area contributed by atoms with E-state index in [1.54, 1.807) is 13.8 Å². The molecule has 0 fully saturated rings. The summed E-state index contributed by atoms with van der Waals surface area (Å²) in [6, 6.07) is 12.0. The number of aromatic hydroxyl groups is 1. The molecular weight excluding hydrogens is 382 g/mol. The molecule has 0 aliphatic carbocycles. The molecule has 0 unspecified atom stereocenters. The van der Waals surface area contributed by atoms with E-state index in [4.69, 9.17) is 9.15 Å². The van der Waals surface area contributed by atoms with Gasteiger partial charge in [0.1, 0.15) is 5.76 Å². The first-order valence-electron chi connectivity index (χ1n) is 10.3. The van der Waals surface area contributed by atoms with Crippen molar-refractivity contribution >= 4 is 17.1 Å². The number of aryl methyl sites for hydroxylation is 1. The van der Waals surface area contributed by atoms with Gasteiger partial charge in [0.05, 0.1) is 5.39 Å². The van der Waals surface area contributed by atoms with Crippen LogP contribution >= 0.6 is 0 Å². The van der Waals surface area contributed by atoms with Crippen LogP contribution in [0.25, 0.3) is 22.3 Å². The van der Waals surface area contributed by atoms with Crippen molar-refractivity contribution in [2.24, 2.45) is 0 Å². The van der Waals surface area contributed by atoms with Crippen molar-refractivity contribution in [3.05, 3.63) is 58.3 Å². The Labute approximate surface area is 175 Å². The minimum absolute atomic E-state index is 0.0145. The van der Waals surface area contributed by atoms with Crippen molar-refractivity contribution in [1.29, 1.82) is 0 Å². The Bertz CT molecular complexity index is 1080. The van der Waals surface area contributed by atoms with Gasteiger partial charge in [-0.3, -0.25) is 4.79 Å². The third-order valence-electron chi connectivity index (χ3n) is 4.75. The molecular formula is C24H27NO5. The summed E-state index contributed by atoms with van der Waals surface area (Å²) in [5.41, 5.74) is 1.66. The molecule has 3 rings (SSSR count). The highest BCUT2D eigenvalue weighted by Gasteiger charge is 2.17. The quantitative estimate of drug-likeness (QED) is 0.510. The van der Waals surface area contributed by atoms with Crippen LogP contribution in [0.5, 0.6) is 11.5 Å². The average molecular weight is 409 g/mol. The predicted octanol–water partition coefficient (Wildman–Crippen LogP) is 5.40. The second kappa shape index (κ2) is 9.48. The Hall–Kier alpha value is -3.28. The molecule has 0 saturated heterocycles. The zero-order valence-electron chi connectivity index (χ0n) is 17.5. The van der Waals surface area contributed by atoms with Gasteiger partial charge in [0, 0.05) is 17.7 Å². The standard InChI is InChI=1S/C24H27NO5/c1-4-5-6-7-16-8-10-17(11-9-16)21-14-19(26)18-12-13-20(22(27)23(18)29-21)30-24(28)25-15(2)3/h8-15,27H,4-7H2,1-3H3,(H,25,28). The summed E-state index contributed by atoms with van der Waals surface area (Å²) in [4.78, 5) is 24.4. The van der Waals surface area contributed by atoms with Crippen molar-refractivity contribution in [3.63, 3.8) is 0 Å². The fraction of sp³-hybridized carbons (Fsp3) is 0.333. The molecule has 6 nitrogen and oxygen atoms in total. The summed E-state index contributed by atoms with van der Waals surface area (Å²) in [7, 11) is 0. The number of ether oxygens (including phenoxy) is 1. The first-order chi connectivity index (χ1) is 14.4. The zero-order chi connectivity index (χ0) is 21.7. The van der Waals surface area contributed by atoms with E-state index in [-0.39, 0.29) is 33.9 Å². The molecule has 0 radical (unpaired) electrons. The van der Waals surface area contributed by atoms with Crippen molar-refractivity contribution in [2.75, 3.05) is 0 Å². The van der Waals surface area contributed by atoms with E-state index in [9.17, 15) is 14.7 Å². The zero-order valence-corrected chi connectivity index (χ0v) is 17.5. The highest BCUT2D eigenvalue weighted by molar-refractivity contribution is 5.87. The maximum atomic E-state index is 12.6. The second-order valence-electron chi connectivity index (χ2n) is 7.61. The third kappa shape index (κ3) is 5.00. The first kappa shape index (κ1) is 21.4. The number of fused-ring (bicyclic) bond motifs is 1. The average Bonchev–Trinajstić information content (AvgIpc) is 2.70. The minimum Gasteiger partial charge on any atom is -0.502 e. The lowest BCUT2D eigenvalue weighted by Gasteiger charge is -2.11. The van der Waals surface area contributed by atoms with Gasteiger partial charge in [-0.05, 0) is 44.4 Å². The number of hydrogen-bond donors (Lipinski definition) is 2. The Morgan fingerprint density at radius 2 is 1.87 bits per heavy atom. The number of phenols is 1. The van der Waals surface area contributed by atoms with Gasteiger partial charge in [-0.2, -0.15) is 0 Å². The van der Waals surface area contributed by atoms with Crippen LogP contribution in [-0.2, 0) is 6.42 Å². The topological polar surface area (TPSA) is 88.8 Å². The minimum atomic E-state index is -0.697. The maximum Gasteiger partial charge on any atom is 0.412 e. The molecule has 2 aromatic carbocycles. The molecule has 1 aromatic heterocycles. The van der Waals surface area contributed by atoms with Crippen molar-refractivity contribution in [3.8, 4) is 22.8 Å². The van der Waals surface area contributed by atoms with Crippen LogP contribution in [0, 0.1) is 0 Å². The molecule has 0 aliphatic rings. The number of phenolic OH excluding ortho intramolecular Hbond substituents is 1. The molecule has 30 heavy (non-hydrogen) atoms. The molecule has 0 spiro atoms. The van der Waals surface area contributed by atoms with Crippen LogP contribution < -0.4 is 15.5 Å². The normalized spacial score (nSPS) is 11.1. The van der Waals surface area contributed by atoms with Crippen LogP contribution in [0.15, 0.2) is 51.7 Å². The number of carbonyl (C=O) groups is 1. The largest absolute Gasteiger partial charge is 0.502 e. The van der Waals surface area contributed by atoms with E-state index < -0.39 is 6.09 Å². The number of hydrogen-bond acceptors (Lipinski definition) is 5. The first-order valence-corrected chi connectivity index (χ1v) is 10.3. The number of amides is 1. The van der Waals surface area contributed by atoms with Gasteiger partial charge in [0.15, 0.2) is 16.8 Å². The molecule has 0 aliphatic heterocycles. The van der Waals surface area contributed by atoms with Crippen molar-refractivity contribution < 1.29 is 19.1 Å². The molecule has 158 valence electrons. The van der Waals surface area contributed by atoms with Gasteiger partial charge in [0.25, 0.3) is 0 Å². The van der Waals surface area contributed by atoms with Gasteiger partial charge in [0.2, 0.25) is 5.75 Å². The Kier molecular flexibility index (Phi) is 6.77. The highest BCUT2D eigenvalue weighted by atomic mass is 16.6. The van der Waals surface area contributed by atoms with Crippen LogP contribution in [0.1, 0.15) is 45.6 Å². The van der Waals surface area contributed by atoms with E-state index in [1.165, 1.54) is 36.6 Å². The number of nitrogens with one attached hydrogen (secondary N) is 1. The molecule has 0 atom stereocenters. The SMILES string of the molecule is CCCCCc1ccc(-c2cc(=O)c3ccc(OC(=O)NC(C)C)c(O)c3o2)cc1. The molecule has 1 heterocycles. The Balaban J connectivity index is 1.92. The van der Waals surface area contributed by atoms with Gasteiger partial charge in [-0.1, -0.05) is 44.0 Å². The lowest BCUT2D eigenvalue weighted by Crippen LogP contribution is -2.32. The Morgan fingerprint density at radius 3 is 2.53 bits per heavy atom. The summed E-state index contributed by atoms with van der Waals surface area (Å²) in [5, 5.41) is 13.3. The summed E-state index contributed by atoms with van der Waals surface area (Å²) < 4.78 is 11.0. The monoisotopic (exact) mass is 409 g/mol. The second-order valence-corrected chi connectivity index (χ2v) is 7.61. The van der Waals surface area contributed by atoms with Crippen LogP contribution in [0.2, 0.25) is 0 Å². The van der Waals surface area contributed by atoms with Gasteiger partial charge in [-0.15, -0.1) is 0 Å². The lowest BCUT2D eigenvalue weighted by atomic mass is 10.0. The highest BCUT2D eigenvalue weighted by Crippen LogP contribution is 2.35. The smallest absolute Gasteiger partial charge is 0.412 e. The summed E-state index contributed by atoms with van der Waals surface area (Å²) in [6.07, 6.45) is 3.82. The third-order valence-corrected chi connectivity index (χ3v) is 4.75. The number of benzene rings is 2. The van der Waals surface area contributed by atoms with Gasteiger partial charge < -0.3 is 19.6 Å². The van der Waals surface area contributed by atoms with Crippen LogP contribution in [-0.4, -0.2) is 17.2 Å². The van der Waals surface area contributed by atoms with E-state index in [2.05, 4.69) is 12.2 Å². The number of unbranched alkanes of at least 4 members (excludes halogenated alkanes) is 2. The van der Waals surface area contributed by atoms with Crippen LogP contribution in [0.4, 0.5) is 4.79 Å². The van der Waals surface area contributed by atoms with Crippen molar-refractivity contribution in [1.82, 2.24) is 5.32 Å². The lowest BCUT2D eigenvalue weighted by molar-refractivity contribution is 0.196. The van der Waals surface area contributed by atoms with E-state index >= 15 is 0 Å². The molecule has 2 N–H and O–H groups in total. The van der Waals surface area contributed by atoms with E-state index in [0.29, 0.717) is 5.76 Å². The van der Waals surface area contributed by atoms with Gasteiger partial charge in [-0.25, -0.2) is 4.79 Å². The summed E-state index contributed by atoms with van der Waals surface area (Å²) >= 11 is 0. The molecule has 1 amide bonds. The Morgan fingerprint density at radius 1 is 1.13 bits per heavy atom. The number of carbonyl (C=O) groups excluding carboxylic acids is 1. The molecule has 0 saturated carbocycles. The van der Waals surface area contributed by atoms with Gasteiger partial charge >= 0.3 is 6.09 Å². The van der Waals surface area contributed by atoms with E-state index in [0.717, 1.165) is 18.4 Å². The fourth-order valence-corrected chi connectivity index (χ4v) is 3.19. The van der Waals surface area contributed by atoms with Crippen molar-refractivity contribution in [2.45, 2.75) is 52.5 Å².